The lowest BCUT2D eigenvalue weighted by molar-refractivity contribution is -0.132. The Morgan fingerprint density at radius 3 is 2.56 bits per heavy atom. The molecule has 1 unspecified atom stereocenters. The first-order chi connectivity index (χ1) is 20.0. The maximum atomic E-state index is 13.5. The number of aliphatic hydroxyl groups excluding tert-OH is 1. The molecule has 1 atom stereocenters. The predicted octanol–water partition coefficient (Wildman–Crippen LogP) is 6.04. The van der Waals surface area contributed by atoms with Crippen molar-refractivity contribution in [2.24, 2.45) is 0 Å². The van der Waals surface area contributed by atoms with Gasteiger partial charge in [0.25, 0.3) is 5.78 Å². The lowest BCUT2D eigenvalue weighted by atomic mass is 9.95. The van der Waals surface area contributed by atoms with Crippen molar-refractivity contribution < 1.29 is 24.2 Å². The number of hydrogen-bond acceptors (Lipinski definition) is 10. The van der Waals surface area contributed by atoms with Crippen LogP contribution in [0, 0.1) is 0 Å². The fraction of sp³-hybridized carbons (Fsp3) is 0.233. The van der Waals surface area contributed by atoms with Crippen LogP contribution in [0.2, 0.25) is 0 Å². The van der Waals surface area contributed by atoms with Gasteiger partial charge in [0.2, 0.25) is 5.13 Å². The number of rotatable bonds is 11. The van der Waals surface area contributed by atoms with Crippen LogP contribution < -0.4 is 14.4 Å². The van der Waals surface area contributed by atoms with Crippen molar-refractivity contribution in [3.05, 3.63) is 95.3 Å². The van der Waals surface area contributed by atoms with Gasteiger partial charge in [0.1, 0.15) is 5.76 Å². The van der Waals surface area contributed by atoms with Gasteiger partial charge < -0.3 is 14.6 Å². The molecule has 3 heterocycles. The highest BCUT2D eigenvalue weighted by atomic mass is 32.2. The van der Waals surface area contributed by atoms with E-state index < -0.39 is 17.7 Å². The summed E-state index contributed by atoms with van der Waals surface area (Å²) >= 11 is 2.70. The number of carbonyl (C=O) groups excluding carboxylic acids is 2. The highest BCUT2D eigenvalue weighted by molar-refractivity contribution is 8.00. The van der Waals surface area contributed by atoms with Gasteiger partial charge in [-0.15, -0.1) is 10.2 Å². The number of ketones is 1. The van der Waals surface area contributed by atoms with Crippen LogP contribution in [-0.2, 0) is 15.3 Å². The molecule has 1 amide bonds. The number of thioether (sulfide) groups is 1. The van der Waals surface area contributed by atoms with Gasteiger partial charge in [0.15, 0.2) is 15.8 Å². The molecule has 1 fully saturated rings. The molecule has 0 spiro atoms. The summed E-state index contributed by atoms with van der Waals surface area (Å²) in [5, 5.41) is 20.1. The van der Waals surface area contributed by atoms with Crippen LogP contribution in [-0.4, -0.2) is 45.7 Å². The minimum Gasteiger partial charge on any atom is -0.507 e. The molecular weight excluding hydrogens is 560 g/mol. The fourth-order valence-corrected chi connectivity index (χ4v) is 6.21. The van der Waals surface area contributed by atoms with Crippen LogP contribution in [0.4, 0.5) is 5.13 Å². The molecule has 11 heteroatoms. The first-order valence-corrected chi connectivity index (χ1v) is 14.8. The second-order valence-corrected chi connectivity index (χ2v) is 11.3. The second kappa shape index (κ2) is 13.0. The lowest BCUT2D eigenvalue weighted by Crippen LogP contribution is -2.29. The largest absolute Gasteiger partial charge is 0.507 e. The van der Waals surface area contributed by atoms with Crippen LogP contribution in [0.25, 0.3) is 5.76 Å². The minimum atomic E-state index is -0.971. The summed E-state index contributed by atoms with van der Waals surface area (Å²) in [6, 6.07) is 17.4. The second-order valence-electron chi connectivity index (χ2n) is 9.14. The van der Waals surface area contributed by atoms with Gasteiger partial charge in [-0.25, -0.2) is 0 Å². The summed E-state index contributed by atoms with van der Waals surface area (Å²) in [6.45, 7) is 2.61. The third-order valence-electron chi connectivity index (χ3n) is 6.46. The fourth-order valence-electron chi connectivity index (χ4n) is 4.39. The van der Waals surface area contributed by atoms with E-state index in [0.29, 0.717) is 39.3 Å². The lowest BCUT2D eigenvalue weighted by Gasteiger charge is -2.23. The summed E-state index contributed by atoms with van der Waals surface area (Å²) in [5.41, 5.74) is 1.98. The van der Waals surface area contributed by atoms with Gasteiger partial charge in [-0.05, 0) is 41.8 Å². The monoisotopic (exact) mass is 588 g/mol. The zero-order valence-electron chi connectivity index (χ0n) is 22.5. The number of amides is 1. The summed E-state index contributed by atoms with van der Waals surface area (Å²) < 4.78 is 12.1. The van der Waals surface area contributed by atoms with Gasteiger partial charge in [0, 0.05) is 23.7 Å². The van der Waals surface area contributed by atoms with Gasteiger partial charge in [-0.1, -0.05) is 72.8 Å². The van der Waals surface area contributed by atoms with E-state index in [1.54, 1.807) is 30.3 Å². The Morgan fingerprint density at radius 1 is 1.05 bits per heavy atom. The summed E-state index contributed by atoms with van der Waals surface area (Å²) in [5.74, 6) is -0.250. The maximum absolute atomic E-state index is 13.5. The minimum absolute atomic E-state index is 0.0587. The molecule has 0 radical (unpaired) electrons. The molecule has 2 aromatic carbocycles. The molecule has 1 aliphatic rings. The van der Waals surface area contributed by atoms with Gasteiger partial charge >= 0.3 is 5.91 Å². The Hall–Kier alpha value is -4.22. The molecule has 1 N–H and O–H groups in total. The van der Waals surface area contributed by atoms with Crippen LogP contribution in [0.1, 0.15) is 42.5 Å². The van der Waals surface area contributed by atoms with E-state index in [9.17, 15) is 14.7 Å². The van der Waals surface area contributed by atoms with Crippen molar-refractivity contribution in [3.63, 3.8) is 0 Å². The first-order valence-electron chi connectivity index (χ1n) is 13.0. The zero-order chi connectivity index (χ0) is 28.8. The van der Waals surface area contributed by atoms with Crippen LogP contribution in [0.5, 0.6) is 11.5 Å². The number of aliphatic hydroxyl groups is 1. The van der Waals surface area contributed by atoms with Crippen molar-refractivity contribution in [2.45, 2.75) is 35.9 Å². The van der Waals surface area contributed by atoms with Crippen LogP contribution in [0.15, 0.2) is 83.0 Å². The number of benzene rings is 2. The number of pyridine rings is 1. The Bertz CT molecular complexity index is 1560. The summed E-state index contributed by atoms with van der Waals surface area (Å²) in [4.78, 5) is 32.3. The van der Waals surface area contributed by atoms with E-state index in [4.69, 9.17) is 9.47 Å². The molecule has 0 bridgehead atoms. The average Bonchev–Trinajstić information content (AvgIpc) is 3.58. The predicted molar refractivity (Wildman–Crippen MR) is 158 cm³/mol. The third kappa shape index (κ3) is 6.10. The molecule has 1 aliphatic heterocycles. The molecule has 5 rings (SSSR count). The number of unbranched alkanes of at least 4 members (excludes halogenated alkanes) is 1. The smallest absolute Gasteiger partial charge is 0.301 e. The Balaban J connectivity index is 1.55. The molecule has 0 aliphatic carbocycles. The molecule has 210 valence electrons. The van der Waals surface area contributed by atoms with Gasteiger partial charge in [-0.3, -0.25) is 19.5 Å². The molecular formula is C30H28N4O5S2. The number of nitrogens with zero attached hydrogens (tertiary/aromatic N) is 4. The molecule has 4 aromatic rings. The maximum Gasteiger partial charge on any atom is 0.301 e. The van der Waals surface area contributed by atoms with E-state index in [1.807, 2.05) is 30.3 Å². The SMILES string of the molecule is CCCCOc1ccc(C2/C(=C(\O)c3ccncc3)C(=O)C(=O)N2c2nnc(SCc3ccccc3)s2)cc1OC. The molecule has 2 aromatic heterocycles. The zero-order valence-corrected chi connectivity index (χ0v) is 24.2. The van der Waals surface area contributed by atoms with E-state index in [-0.39, 0.29) is 16.5 Å². The highest BCUT2D eigenvalue weighted by Crippen LogP contribution is 2.45. The Labute approximate surface area is 245 Å². The number of anilines is 1. The van der Waals surface area contributed by atoms with Gasteiger partial charge in [-0.2, -0.15) is 0 Å². The van der Waals surface area contributed by atoms with E-state index >= 15 is 0 Å². The van der Waals surface area contributed by atoms with Crippen molar-refractivity contribution in [3.8, 4) is 11.5 Å². The van der Waals surface area contributed by atoms with Crippen molar-refractivity contribution in [1.82, 2.24) is 15.2 Å². The van der Waals surface area contributed by atoms with Crippen molar-refractivity contribution in [1.29, 1.82) is 0 Å². The highest BCUT2D eigenvalue weighted by Gasteiger charge is 2.48. The normalized spacial score (nSPS) is 16.2. The van der Waals surface area contributed by atoms with Crippen molar-refractivity contribution in [2.75, 3.05) is 18.6 Å². The molecule has 1 saturated heterocycles. The summed E-state index contributed by atoms with van der Waals surface area (Å²) in [6.07, 6.45) is 4.88. The van der Waals surface area contributed by atoms with Gasteiger partial charge in [0.05, 0.1) is 25.3 Å². The summed E-state index contributed by atoms with van der Waals surface area (Å²) in [7, 11) is 1.53. The Kier molecular flexibility index (Phi) is 8.95. The number of Topliss-reactive ketones (excluding diaryl/α,β-unsaturated/α-hetero) is 1. The number of aromatic nitrogens is 3. The number of ether oxygens (including phenoxy) is 2. The molecule has 41 heavy (non-hydrogen) atoms. The number of carbonyl (C=O) groups is 2. The van der Waals surface area contributed by atoms with Crippen LogP contribution in [0.3, 0.4) is 0 Å². The topological polar surface area (TPSA) is 115 Å². The van der Waals surface area contributed by atoms with E-state index in [0.717, 1.165) is 18.4 Å². The first kappa shape index (κ1) is 28.3. The van der Waals surface area contributed by atoms with E-state index in [2.05, 4.69) is 22.1 Å². The molecule has 0 saturated carbocycles. The third-order valence-corrected chi connectivity index (χ3v) is 8.59. The van der Waals surface area contributed by atoms with Crippen molar-refractivity contribution >= 4 is 45.7 Å². The van der Waals surface area contributed by atoms with E-state index in [1.165, 1.54) is 47.5 Å². The quantitative estimate of drug-likeness (QED) is 0.0559. The Morgan fingerprint density at radius 2 is 1.83 bits per heavy atom. The number of methoxy groups -OCH3 is 1. The number of hydrogen-bond donors (Lipinski definition) is 1. The van der Waals surface area contributed by atoms with Crippen LogP contribution >= 0.6 is 23.1 Å². The molecule has 9 nitrogen and oxygen atoms in total. The average molecular weight is 589 g/mol. The standard InChI is InChI=1S/C30H28N4O5S2/c1-3-4-16-39-22-11-10-21(17-23(22)38-2)25-24(26(35)20-12-14-31-15-13-20)27(36)28(37)34(25)29-32-33-30(41-29)40-18-19-8-6-5-7-9-19/h5-15,17,25,35H,3-4,16,18H2,1-2H3/b26-24+.